The lowest BCUT2D eigenvalue weighted by Gasteiger charge is -2.19. The summed E-state index contributed by atoms with van der Waals surface area (Å²) < 4.78 is 13.8. The first-order valence-corrected chi connectivity index (χ1v) is 29.5. The number of para-hydroxylation sites is 1. The third-order valence-corrected chi connectivity index (χ3v) is 14.8. The number of unbranched alkanes of at least 4 members (excludes halogenated alkanes) is 25. The number of pyridine rings is 1. The molecule has 2 aromatic carbocycles. The second-order valence-corrected chi connectivity index (χ2v) is 21.1. The Kier molecular flexibility index (Phi) is 30.7. The average Bonchev–Trinajstić information content (AvgIpc) is 3.74. The number of aromatic nitrogens is 3. The number of fused-ring (bicyclic) bond motifs is 3. The maximum atomic E-state index is 13.3. The Balaban J connectivity index is 1.21. The molecule has 5 N–H and O–H groups in total. The van der Waals surface area contributed by atoms with Crippen LogP contribution in [0.5, 0.6) is 0 Å². The van der Waals surface area contributed by atoms with Crippen molar-refractivity contribution in [3.05, 3.63) is 59.9 Å². The predicted molar refractivity (Wildman–Crippen MR) is 299 cm³/mol. The van der Waals surface area contributed by atoms with Crippen LogP contribution < -0.4 is 16.8 Å². The van der Waals surface area contributed by atoms with Crippen LogP contribution in [0.25, 0.3) is 21.9 Å². The zero-order chi connectivity index (χ0) is 50.7. The van der Waals surface area contributed by atoms with Gasteiger partial charge in [-0.1, -0.05) is 212 Å². The molecular weight excluding hydrogens is 905 g/mol. The standard InChI is InChI=1S/C59H94N6O5S/c1-4-7-10-12-14-16-18-20-22-24-26-28-30-37-54(66)69-44-49(70-55(67)38-31-29-27-25-23-21-19-17-15-13-11-8-5-2)45-71-46-51(60)59(68)62-48-41-39-47(40-42-48)43-65-53(36-9-6-3)64-56-57(65)50-34-32-33-35-52(50)63-58(56)61/h32-35,39-42,49,51H,4-31,36-38,43-46,60H2,1-3H3,(H2,61,63)(H,62,68)/t49?,51-/m0/s1. The Bertz CT molecular complexity index is 2070. The summed E-state index contributed by atoms with van der Waals surface area (Å²) in [6, 6.07) is 15.0. The second kappa shape index (κ2) is 36.7. The predicted octanol–water partition coefficient (Wildman–Crippen LogP) is 15.0. The maximum absolute atomic E-state index is 13.3. The second-order valence-electron chi connectivity index (χ2n) is 20.0. The van der Waals surface area contributed by atoms with Gasteiger partial charge in [0.2, 0.25) is 5.91 Å². The summed E-state index contributed by atoms with van der Waals surface area (Å²) in [6.07, 6.45) is 35.2. The smallest absolute Gasteiger partial charge is 0.306 e. The molecular formula is C59H94N6O5S. The fourth-order valence-electron chi connectivity index (χ4n) is 9.31. The van der Waals surface area contributed by atoms with Crippen molar-refractivity contribution >= 4 is 63.0 Å². The molecule has 396 valence electrons. The molecule has 2 atom stereocenters. The molecule has 71 heavy (non-hydrogen) atoms. The van der Waals surface area contributed by atoms with Crippen molar-refractivity contribution in [3.63, 3.8) is 0 Å². The molecule has 4 aromatic rings. The minimum atomic E-state index is -0.800. The number of amides is 1. The van der Waals surface area contributed by atoms with Crippen molar-refractivity contribution in [3.8, 4) is 0 Å². The number of nitrogens with zero attached hydrogens (tertiary/aromatic N) is 3. The summed E-state index contributed by atoms with van der Waals surface area (Å²) in [7, 11) is 0. The SMILES string of the molecule is CCCCCCCCCCCCCCCC(=O)OCC(CSC[C@H](N)C(=O)Nc1ccc(Cn2c(CCCC)nc3c(N)nc4ccccc4c32)cc1)OC(=O)CCCCCCCCCCCCCCC. The van der Waals surface area contributed by atoms with Crippen LogP contribution in [0, 0.1) is 0 Å². The van der Waals surface area contributed by atoms with Gasteiger partial charge in [0.25, 0.3) is 0 Å². The van der Waals surface area contributed by atoms with E-state index >= 15 is 0 Å². The minimum absolute atomic E-state index is 0.00212. The van der Waals surface area contributed by atoms with Crippen molar-refractivity contribution in [2.24, 2.45) is 5.73 Å². The van der Waals surface area contributed by atoms with E-state index in [1.807, 2.05) is 42.5 Å². The lowest BCUT2D eigenvalue weighted by atomic mass is 10.0. The molecule has 0 aliphatic heterocycles. The number of nitrogens with two attached hydrogens (primary N) is 2. The largest absolute Gasteiger partial charge is 0.462 e. The van der Waals surface area contributed by atoms with Crippen LogP contribution in [0.1, 0.15) is 225 Å². The number of ether oxygens (including phenoxy) is 2. The molecule has 12 heteroatoms. The van der Waals surface area contributed by atoms with E-state index in [0.717, 1.165) is 91.1 Å². The number of rotatable bonds is 42. The third kappa shape index (κ3) is 24.0. The first-order valence-electron chi connectivity index (χ1n) is 28.3. The van der Waals surface area contributed by atoms with Gasteiger partial charge in [0.05, 0.1) is 17.1 Å². The van der Waals surface area contributed by atoms with E-state index in [-0.39, 0.29) is 24.5 Å². The van der Waals surface area contributed by atoms with Gasteiger partial charge in [0.1, 0.15) is 24.1 Å². The molecule has 1 amide bonds. The molecule has 0 aliphatic rings. The van der Waals surface area contributed by atoms with Gasteiger partial charge in [-0.15, -0.1) is 0 Å². The molecule has 0 spiro atoms. The molecule has 0 saturated heterocycles. The number of nitrogens with one attached hydrogen (secondary N) is 1. The summed E-state index contributed by atoms with van der Waals surface area (Å²) in [5, 5.41) is 3.98. The van der Waals surface area contributed by atoms with Gasteiger partial charge in [-0.25, -0.2) is 9.97 Å². The molecule has 0 fully saturated rings. The van der Waals surface area contributed by atoms with Crippen molar-refractivity contribution < 1.29 is 23.9 Å². The number of carbonyl (C=O) groups excluding carboxylic acids is 3. The number of benzene rings is 2. The Morgan fingerprint density at radius 1 is 0.620 bits per heavy atom. The van der Waals surface area contributed by atoms with E-state index in [1.165, 1.54) is 140 Å². The van der Waals surface area contributed by atoms with Crippen molar-refractivity contribution in [2.75, 3.05) is 29.2 Å². The van der Waals surface area contributed by atoms with Gasteiger partial charge in [0.15, 0.2) is 5.82 Å². The van der Waals surface area contributed by atoms with Crippen molar-refractivity contribution in [1.82, 2.24) is 14.5 Å². The van der Waals surface area contributed by atoms with Crippen LogP contribution >= 0.6 is 11.8 Å². The van der Waals surface area contributed by atoms with E-state index < -0.39 is 12.1 Å². The lowest BCUT2D eigenvalue weighted by molar-refractivity contribution is -0.157. The highest BCUT2D eigenvalue weighted by atomic mass is 32.2. The van der Waals surface area contributed by atoms with Crippen LogP contribution in [0.3, 0.4) is 0 Å². The Morgan fingerprint density at radius 2 is 1.13 bits per heavy atom. The number of nitrogen functional groups attached to an aromatic ring is 1. The number of imidazole rings is 1. The number of anilines is 2. The molecule has 1 unspecified atom stereocenters. The number of thioether (sulfide) groups is 1. The molecule has 2 heterocycles. The molecule has 4 rings (SSSR count). The van der Waals surface area contributed by atoms with E-state index in [0.29, 0.717) is 42.4 Å². The van der Waals surface area contributed by atoms with Crippen LogP contribution in [-0.4, -0.2) is 62.6 Å². The number of hydrogen-bond acceptors (Lipinski definition) is 10. The van der Waals surface area contributed by atoms with Gasteiger partial charge in [0, 0.05) is 48.4 Å². The van der Waals surface area contributed by atoms with E-state index in [1.54, 1.807) is 0 Å². The van der Waals surface area contributed by atoms with Gasteiger partial charge in [-0.2, -0.15) is 11.8 Å². The summed E-state index contributed by atoms with van der Waals surface area (Å²) in [5.41, 5.74) is 17.1. The molecule has 0 aliphatic carbocycles. The monoisotopic (exact) mass is 999 g/mol. The molecule has 11 nitrogen and oxygen atoms in total. The van der Waals surface area contributed by atoms with Crippen LogP contribution in [-0.2, 0) is 36.8 Å². The number of esters is 2. The fourth-order valence-corrected chi connectivity index (χ4v) is 10.3. The lowest BCUT2D eigenvalue weighted by Crippen LogP contribution is -2.38. The van der Waals surface area contributed by atoms with E-state index in [4.69, 9.17) is 25.9 Å². The fraction of sp³-hybridized carbons (Fsp3) is 0.678. The van der Waals surface area contributed by atoms with Crippen molar-refractivity contribution in [2.45, 2.75) is 239 Å². The zero-order valence-electron chi connectivity index (χ0n) is 44.5. The summed E-state index contributed by atoms with van der Waals surface area (Å²) >= 11 is 1.43. The topological polar surface area (TPSA) is 164 Å². The van der Waals surface area contributed by atoms with E-state index in [9.17, 15) is 14.4 Å². The molecule has 2 aromatic heterocycles. The molecule has 0 saturated carbocycles. The van der Waals surface area contributed by atoms with Crippen LogP contribution in [0.2, 0.25) is 0 Å². The van der Waals surface area contributed by atoms with Crippen molar-refractivity contribution in [1.29, 1.82) is 0 Å². The Labute approximate surface area is 432 Å². The summed E-state index contributed by atoms with van der Waals surface area (Å²) in [4.78, 5) is 48.7. The maximum Gasteiger partial charge on any atom is 0.306 e. The highest BCUT2D eigenvalue weighted by Crippen LogP contribution is 2.30. The summed E-state index contributed by atoms with van der Waals surface area (Å²) in [6.45, 7) is 7.28. The van der Waals surface area contributed by atoms with Crippen LogP contribution in [0.15, 0.2) is 48.5 Å². The average molecular weight is 1000 g/mol. The van der Waals surface area contributed by atoms with Gasteiger partial charge in [-0.05, 0) is 43.0 Å². The highest BCUT2D eigenvalue weighted by molar-refractivity contribution is 7.99. The minimum Gasteiger partial charge on any atom is -0.462 e. The Hall–Kier alpha value is -4.16. The highest BCUT2D eigenvalue weighted by Gasteiger charge is 2.21. The molecule has 0 radical (unpaired) electrons. The van der Waals surface area contributed by atoms with Gasteiger partial charge >= 0.3 is 11.9 Å². The molecule has 0 bridgehead atoms. The number of hydrogen-bond donors (Lipinski definition) is 3. The van der Waals surface area contributed by atoms with E-state index in [2.05, 4.69) is 41.7 Å². The third-order valence-electron chi connectivity index (χ3n) is 13.6. The van der Waals surface area contributed by atoms with Crippen LogP contribution in [0.4, 0.5) is 11.5 Å². The van der Waals surface area contributed by atoms with Gasteiger partial charge in [-0.3, -0.25) is 14.4 Å². The number of carbonyl (C=O) groups is 3. The summed E-state index contributed by atoms with van der Waals surface area (Å²) in [5.74, 6) is 1.24. The zero-order valence-corrected chi connectivity index (χ0v) is 45.3. The number of aryl methyl sites for hydroxylation is 1. The quantitative estimate of drug-likeness (QED) is 0.0287. The Morgan fingerprint density at radius 3 is 1.68 bits per heavy atom. The first-order chi connectivity index (χ1) is 34.7. The first kappa shape index (κ1) is 59.4. The normalized spacial score (nSPS) is 12.4. The van der Waals surface area contributed by atoms with Gasteiger partial charge < -0.3 is 30.8 Å².